The molecule has 0 heterocycles. The third-order valence-corrected chi connectivity index (χ3v) is 5.28. The summed E-state index contributed by atoms with van der Waals surface area (Å²) < 4.78 is 5.44. The molecule has 2 amide bonds. The molecular formula is C28H24N2O3. The molecule has 0 unspecified atom stereocenters. The van der Waals surface area contributed by atoms with E-state index in [2.05, 4.69) is 10.6 Å². The van der Waals surface area contributed by atoms with E-state index in [4.69, 9.17) is 4.74 Å². The standard InChI is InChI=1S/C28H24N2O3/c1-33-25-18-17-22(27(31)29-23-15-9-4-10-16-23)19-24(25)30-28(32)26(20-11-5-2-6-12-20)21-13-7-3-8-14-21/h2-19,26H,1H3,(H,29,31)(H,30,32). The van der Waals surface area contributed by atoms with Gasteiger partial charge in [-0.1, -0.05) is 78.9 Å². The fourth-order valence-corrected chi connectivity index (χ4v) is 3.66. The molecule has 0 aromatic heterocycles. The summed E-state index contributed by atoms with van der Waals surface area (Å²) in [7, 11) is 1.53. The molecule has 0 aliphatic carbocycles. The molecule has 33 heavy (non-hydrogen) atoms. The molecule has 0 bridgehead atoms. The van der Waals surface area contributed by atoms with Gasteiger partial charge in [0.25, 0.3) is 5.91 Å². The van der Waals surface area contributed by atoms with Crippen molar-refractivity contribution in [1.29, 1.82) is 0 Å². The Labute approximate surface area is 193 Å². The maximum absolute atomic E-state index is 13.5. The van der Waals surface area contributed by atoms with Crippen LogP contribution in [0.3, 0.4) is 0 Å². The third-order valence-electron chi connectivity index (χ3n) is 5.28. The van der Waals surface area contributed by atoms with Gasteiger partial charge in [0, 0.05) is 11.3 Å². The van der Waals surface area contributed by atoms with Crippen LogP contribution in [0.4, 0.5) is 11.4 Å². The van der Waals surface area contributed by atoms with Gasteiger partial charge >= 0.3 is 0 Å². The van der Waals surface area contributed by atoms with Gasteiger partial charge in [-0.05, 0) is 41.5 Å². The number of benzene rings is 4. The van der Waals surface area contributed by atoms with E-state index in [1.807, 2.05) is 91.0 Å². The summed E-state index contributed by atoms with van der Waals surface area (Å²) in [6.07, 6.45) is 0. The monoisotopic (exact) mass is 436 g/mol. The lowest BCUT2D eigenvalue weighted by Crippen LogP contribution is -2.23. The molecule has 0 fully saturated rings. The van der Waals surface area contributed by atoms with E-state index in [0.29, 0.717) is 22.7 Å². The maximum Gasteiger partial charge on any atom is 0.255 e. The van der Waals surface area contributed by atoms with Gasteiger partial charge in [-0.15, -0.1) is 0 Å². The average Bonchev–Trinajstić information content (AvgIpc) is 2.86. The van der Waals surface area contributed by atoms with E-state index in [9.17, 15) is 9.59 Å². The molecule has 0 radical (unpaired) electrons. The molecule has 164 valence electrons. The second kappa shape index (κ2) is 10.3. The number of methoxy groups -OCH3 is 1. The average molecular weight is 437 g/mol. The SMILES string of the molecule is COc1ccc(C(=O)Nc2ccccc2)cc1NC(=O)C(c1ccccc1)c1ccccc1. The highest BCUT2D eigenvalue weighted by Gasteiger charge is 2.24. The number of amides is 2. The Kier molecular flexibility index (Phi) is 6.81. The van der Waals surface area contributed by atoms with Crippen LogP contribution in [-0.4, -0.2) is 18.9 Å². The zero-order valence-corrected chi connectivity index (χ0v) is 18.2. The first-order valence-corrected chi connectivity index (χ1v) is 10.6. The van der Waals surface area contributed by atoms with Crippen LogP contribution < -0.4 is 15.4 Å². The highest BCUT2D eigenvalue weighted by atomic mass is 16.5. The summed E-state index contributed by atoms with van der Waals surface area (Å²) in [6.45, 7) is 0. The van der Waals surface area contributed by atoms with E-state index < -0.39 is 5.92 Å². The van der Waals surface area contributed by atoms with Crippen molar-refractivity contribution in [3.8, 4) is 5.75 Å². The van der Waals surface area contributed by atoms with Gasteiger partial charge < -0.3 is 15.4 Å². The molecule has 0 saturated carbocycles. The van der Waals surface area contributed by atoms with E-state index in [0.717, 1.165) is 11.1 Å². The number of carbonyl (C=O) groups is 2. The zero-order valence-electron chi connectivity index (χ0n) is 18.2. The molecule has 0 aliphatic rings. The Balaban J connectivity index is 1.63. The largest absolute Gasteiger partial charge is 0.495 e. The summed E-state index contributed by atoms with van der Waals surface area (Å²) in [5.41, 5.74) is 3.28. The van der Waals surface area contributed by atoms with Crippen molar-refractivity contribution in [3.05, 3.63) is 126 Å². The van der Waals surface area contributed by atoms with Gasteiger partial charge in [0.2, 0.25) is 5.91 Å². The smallest absolute Gasteiger partial charge is 0.255 e. The summed E-state index contributed by atoms with van der Waals surface area (Å²) in [4.78, 5) is 26.3. The molecular weight excluding hydrogens is 412 g/mol. The number of carbonyl (C=O) groups excluding carboxylic acids is 2. The van der Waals surface area contributed by atoms with Crippen LogP contribution in [0.5, 0.6) is 5.75 Å². The Bertz CT molecular complexity index is 1190. The number of hydrogen-bond donors (Lipinski definition) is 2. The van der Waals surface area contributed by atoms with Crippen molar-refractivity contribution >= 4 is 23.2 Å². The van der Waals surface area contributed by atoms with Crippen molar-refractivity contribution in [3.63, 3.8) is 0 Å². The van der Waals surface area contributed by atoms with E-state index >= 15 is 0 Å². The highest BCUT2D eigenvalue weighted by molar-refractivity contribution is 6.06. The lowest BCUT2D eigenvalue weighted by Gasteiger charge is -2.19. The first-order chi connectivity index (χ1) is 16.2. The lowest BCUT2D eigenvalue weighted by molar-refractivity contribution is -0.116. The highest BCUT2D eigenvalue weighted by Crippen LogP contribution is 2.30. The van der Waals surface area contributed by atoms with Crippen molar-refractivity contribution in [2.24, 2.45) is 0 Å². The van der Waals surface area contributed by atoms with Crippen LogP contribution in [0.25, 0.3) is 0 Å². The summed E-state index contributed by atoms with van der Waals surface area (Å²) in [5.74, 6) is -0.535. The Morgan fingerprint density at radius 1 is 0.697 bits per heavy atom. The topological polar surface area (TPSA) is 67.4 Å². The van der Waals surface area contributed by atoms with Crippen molar-refractivity contribution in [2.75, 3.05) is 17.7 Å². The van der Waals surface area contributed by atoms with Crippen LogP contribution in [0.1, 0.15) is 27.4 Å². The zero-order chi connectivity index (χ0) is 23.0. The van der Waals surface area contributed by atoms with Gasteiger partial charge in [0.1, 0.15) is 5.75 Å². The Morgan fingerprint density at radius 3 is 1.79 bits per heavy atom. The summed E-state index contributed by atoms with van der Waals surface area (Å²) in [6, 6.07) is 33.4. The second-order valence-corrected chi connectivity index (χ2v) is 7.48. The Hall–Kier alpha value is -4.38. The van der Waals surface area contributed by atoms with E-state index in [1.165, 1.54) is 7.11 Å². The minimum Gasteiger partial charge on any atom is -0.495 e. The molecule has 0 saturated heterocycles. The predicted molar refractivity (Wildman–Crippen MR) is 131 cm³/mol. The van der Waals surface area contributed by atoms with E-state index in [-0.39, 0.29) is 11.8 Å². The number of ether oxygens (including phenoxy) is 1. The molecule has 4 rings (SSSR count). The van der Waals surface area contributed by atoms with Gasteiger partial charge in [0.05, 0.1) is 18.7 Å². The normalized spacial score (nSPS) is 10.5. The lowest BCUT2D eigenvalue weighted by atomic mass is 9.90. The van der Waals surface area contributed by atoms with Crippen LogP contribution in [0.2, 0.25) is 0 Å². The number of rotatable bonds is 7. The minimum absolute atomic E-state index is 0.216. The van der Waals surface area contributed by atoms with Crippen molar-refractivity contribution < 1.29 is 14.3 Å². The van der Waals surface area contributed by atoms with Gasteiger partial charge in [-0.25, -0.2) is 0 Å². The van der Waals surface area contributed by atoms with Gasteiger partial charge in [-0.2, -0.15) is 0 Å². The van der Waals surface area contributed by atoms with Crippen molar-refractivity contribution in [2.45, 2.75) is 5.92 Å². The number of nitrogens with one attached hydrogen (secondary N) is 2. The van der Waals surface area contributed by atoms with E-state index in [1.54, 1.807) is 18.2 Å². The fourth-order valence-electron chi connectivity index (χ4n) is 3.66. The number of hydrogen-bond acceptors (Lipinski definition) is 3. The number of anilines is 2. The quantitative estimate of drug-likeness (QED) is 0.389. The Morgan fingerprint density at radius 2 is 1.24 bits per heavy atom. The molecule has 5 heteroatoms. The first-order valence-electron chi connectivity index (χ1n) is 10.6. The number of para-hydroxylation sites is 1. The fraction of sp³-hybridized carbons (Fsp3) is 0.0714. The summed E-state index contributed by atoms with van der Waals surface area (Å²) >= 11 is 0. The molecule has 0 aliphatic heterocycles. The summed E-state index contributed by atoms with van der Waals surface area (Å²) in [5, 5.41) is 5.83. The molecule has 0 spiro atoms. The first kappa shape index (κ1) is 21.8. The molecule has 4 aromatic rings. The predicted octanol–water partition coefficient (Wildman–Crippen LogP) is 5.72. The third kappa shape index (κ3) is 5.28. The second-order valence-electron chi connectivity index (χ2n) is 7.48. The van der Waals surface area contributed by atoms with Crippen LogP contribution in [0, 0.1) is 0 Å². The van der Waals surface area contributed by atoms with Crippen LogP contribution >= 0.6 is 0 Å². The molecule has 2 N–H and O–H groups in total. The molecule has 0 atom stereocenters. The van der Waals surface area contributed by atoms with Crippen LogP contribution in [0.15, 0.2) is 109 Å². The van der Waals surface area contributed by atoms with Gasteiger partial charge in [-0.3, -0.25) is 9.59 Å². The molecule has 4 aromatic carbocycles. The minimum atomic E-state index is -0.515. The molecule has 5 nitrogen and oxygen atoms in total. The van der Waals surface area contributed by atoms with Crippen LogP contribution in [-0.2, 0) is 4.79 Å². The maximum atomic E-state index is 13.5. The van der Waals surface area contributed by atoms with Gasteiger partial charge in [0.15, 0.2) is 0 Å². The van der Waals surface area contributed by atoms with Crippen molar-refractivity contribution in [1.82, 2.24) is 0 Å².